The van der Waals surface area contributed by atoms with Crippen LogP contribution in [0.1, 0.15) is 15.4 Å². The predicted molar refractivity (Wildman–Crippen MR) is 84.7 cm³/mol. The van der Waals surface area contributed by atoms with Crippen molar-refractivity contribution in [3.05, 3.63) is 45.4 Å². The van der Waals surface area contributed by atoms with E-state index in [1.165, 1.54) is 17.0 Å². The topological polar surface area (TPSA) is 85.5 Å². The van der Waals surface area contributed by atoms with Crippen LogP contribution in [-0.4, -0.2) is 35.4 Å². The Balaban J connectivity index is 1.90. The van der Waals surface area contributed by atoms with E-state index in [-0.39, 0.29) is 29.0 Å². The van der Waals surface area contributed by atoms with Crippen molar-refractivity contribution in [2.24, 2.45) is 0 Å². The van der Waals surface area contributed by atoms with Crippen molar-refractivity contribution in [2.45, 2.75) is 6.54 Å². The Morgan fingerprint density at radius 1 is 1.41 bits per heavy atom. The molecule has 2 rings (SSSR count). The number of likely N-dealkylation sites (N-methyl/N-ethyl adjacent to an activating group) is 1. The molecular formula is C14H14ClN3O3S. The van der Waals surface area contributed by atoms with Crippen LogP contribution < -0.4 is 5.73 Å². The van der Waals surface area contributed by atoms with E-state index in [9.17, 15) is 9.59 Å². The van der Waals surface area contributed by atoms with Gasteiger partial charge in [0.2, 0.25) is 0 Å². The first-order valence-electron chi connectivity index (χ1n) is 6.33. The summed E-state index contributed by atoms with van der Waals surface area (Å²) in [5, 5.41) is 2.06. The zero-order chi connectivity index (χ0) is 16.1. The van der Waals surface area contributed by atoms with E-state index >= 15 is 0 Å². The Labute approximate surface area is 136 Å². The number of nitrogens with two attached hydrogens (primary N) is 1. The maximum absolute atomic E-state index is 11.9. The lowest BCUT2D eigenvalue weighted by Crippen LogP contribution is -2.30. The van der Waals surface area contributed by atoms with Crippen molar-refractivity contribution in [1.82, 2.24) is 9.88 Å². The minimum Gasteiger partial charge on any atom is -0.451 e. The largest absolute Gasteiger partial charge is 0.451 e. The van der Waals surface area contributed by atoms with Crippen LogP contribution in [0.4, 0.5) is 5.69 Å². The van der Waals surface area contributed by atoms with Crippen LogP contribution in [0, 0.1) is 0 Å². The molecule has 0 fully saturated rings. The number of amides is 1. The zero-order valence-corrected chi connectivity index (χ0v) is 13.4. The Kier molecular flexibility index (Phi) is 5.35. The van der Waals surface area contributed by atoms with Gasteiger partial charge in [0.05, 0.1) is 12.2 Å². The number of nitrogens with zero attached hydrogens (tertiary/aromatic N) is 2. The third-order valence-corrected chi connectivity index (χ3v) is 3.88. The van der Waals surface area contributed by atoms with Crippen LogP contribution in [0.3, 0.4) is 0 Å². The zero-order valence-electron chi connectivity index (χ0n) is 11.8. The molecule has 0 saturated carbocycles. The number of esters is 1. The summed E-state index contributed by atoms with van der Waals surface area (Å²) in [4.78, 5) is 30.1. The van der Waals surface area contributed by atoms with Crippen molar-refractivity contribution in [2.75, 3.05) is 19.4 Å². The maximum atomic E-state index is 11.9. The van der Waals surface area contributed by atoms with Crippen LogP contribution in [0.25, 0.3) is 0 Å². The SMILES string of the molecule is CN(Cc1cccs1)C(=O)COC(=O)c1nc(Cl)ccc1N. The number of carbonyl (C=O) groups is 2. The van der Waals surface area contributed by atoms with E-state index in [1.807, 2.05) is 17.5 Å². The number of ether oxygens (including phenoxy) is 1. The first-order valence-corrected chi connectivity index (χ1v) is 7.58. The van der Waals surface area contributed by atoms with Gasteiger partial charge in [-0.1, -0.05) is 17.7 Å². The molecule has 8 heteroatoms. The number of pyridine rings is 1. The maximum Gasteiger partial charge on any atom is 0.359 e. The second kappa shape index (κ2) is 7.24. The molecule has 0 bridgehead atoms. The molecule has 0 atom stereocenters. The number of carbonyl (C=O) groups excluding carboxylic acids is 2. The predicted octanol–water partition coefficient (Wildman–Crippen LogP) is 2.19. The number of nitrogen functional groups attached to an aromatic ring is 1. The molecule has 22 heavy (non-hydrogen) atoms. The normalized spacial score (nSPS) is 10.3. The molecule has 0 unspecified atom stereocenters. The number of hydrogen-bond donors (Lipinski definition) is 1. The summed E-state index contributed by atoms with van der Waals surface area (Å²) >= 11 is 7.26. The van der Waals surface area contributed by atoms with Crippen molar-refractivity contribution in [1.29, 1.82) is 0 Å². The molecule has 0 aliphatic rings. The molecule has 0 aliphatic carbocycles. The molecule has 0 aromatic carbocycles. The highest BCUT2D eigenvalue weighted by atomic mass is 35.5. The van der Waals surface area contributed by atoms with Gasteiger partial charge in [-0.05, 0) is 23.6 Å². The van der Waals surface area contributed by atoms with Gasteiger partial charge >= 0.3 is 5.97 Å². The first-order chi connectivity index (χ1) is 10.5. The van der Waals surface area contributed by atoms with Crippen LogP contribution >= 0.6 is 22.9 Å². The Hall–Kier alpha value is -2.12. The van der Waals surface area contributed by atoms with Crippen LogP contribution in [-0.2, 0) is 16.1 Å². The van der Waals surface area contributed by atoms with Gasteiger partial charge in [-0.2, -0.15) is 0 Å². The van der Waals surface area contributed by atoms with Crippen LogP contribution in [0.15, 0.2) is 29.6 Å². The van der Waals surface area contributed by atoms with Crippen molar-refractivity contribution < 1.29 is 14.3 Å². The number of aromatic nitrogens is 1. The molecule has 2 aromatic heterocycles. The van der Waals surface area contributed by atoms with Gasteiger partial charge in [0, 0.05) is 11.9 Å². The van der Waals surface area contributed by atoms with E-state index in [0.29, 0.717) is 6.54 Å². The fourth-order valence-corrected chi connectivity index (χ4v) is 2.54. The van der Waals surface area contributed by atoms with E-state index in [4.69, 9.17) is 22.1 Å². The smallest absolute Gasteiger partial charge is 0.359 e. The molecule has 2 aromatic rings. The Morgan fingerprint density at radius 3 is 2.86 bits per heavy atom. The lowest BCUT2D eigenvalue weighted by Gasteiger charge is -2.16. The minimum atomic E-state index is -0.780. The average molecular weight is 340 g/mol. The lowest BCUT2D eigenvalue weighted by molar-refractivity contribution is -0.133. The molecule has 6 nitrogen and oxygen atoms in total. The van der Waals surface area contributed by atoms with Gasteiger partial charge in [-0.3, -0.25) is 4.79 Å². The van der Waals surface area contributed by atoms with Crippen molar-refractivity contribution in [3.8, 4) is 0 Å². The number of hydrogen-bond acceptors (Lipinski definition) is 6. The van der Waals surface area contributed by atoms with Gasteiger partial charge in [-0.15, -0.1) is 11.3 Å². The molecule has 116 valence electrons. The van der Waals surface area contributed by atoms with E-state index in [1.54, 1.807) is 18.4 Å². The van der Waals surface area contributed by atoms with E-state index < -0.39 is 5.97 Å². The number of rotatable bonds is 5. The van der Waals surface area contributed by atoms with E-state index in [2.05, 4.69) is 4.98 Å². The molecule has 0 aliphatic heterocycles. The fraction of sp³-hybridized carbons (Fsp3) is 0.214. The van der Waals surface area contributed by atoms with Crippen LogP contribution in [0.5, 0.6) is 0 Å². The molecular weight excluding hydrogens is 326 g/mol. The summed E-state index contributed by atoms with van der Waals surface area (Å²) in [5.41, 5.74) is 5.68. The standard InChI is InChI=1S/C14H14ClN3O3S/c1-18(7-9-3-2-6-22-9)12(19)8-21-14(20)13-10(16)4-5-11(15)17-13/h2-6H,7-8,16H2,1H3. The van der Waals surface area contributed by atoms with Crippen molar-refractivity contribution >= 4 is 40.5 Å². The molecule has 0 radical (unpaired) electrons. The highest BCUT2D eigenvalue weighted by Gasteiger charge is 2.17. The highest BCUT2D eigenvalue weighted by Crippen LogP contribution is 2.15. The Bertz CT molecular complexity index is 676. The second-order valence-electron chi connectivity index (χ2n) is 4.48. The fourth-order valence-electron chi connectivity index (χ4n) is 1.64. The number of thiophene rings is 1. The second-order valence-corrected chi connectivity index (χ2v) is 5.90. The minimum absolute atomic E-state index is 0.0961. The first kappa shape index (κ1) is 16.3. The third kappa shape index (κ3) is 4.19. The summed E-state index contributed by atoms with van der Waals surface area (Å²) in [6.07, 6.45) is 0. The van der Waals surface area contributed by atoms with E-state index in [0.717, 1.165) is 4.88 Å². The summed E-state index contributed by atoms with van der Waals surface area (Å²) in [7, 11) is 1.64. The highest BCUT2D eigenvalue weighted by molar-refractivity contribution is 7.09. The number of anilines is 1. The molecule has 2 heterocycles. The van der Waals surface area contributed by atoms with Gasteiger partial charge in [-0.25, -0.2) is 9.78 Å². The third-order valence-electron chi connectivity index (χ3n) is 2.81. The quantitative estimate of drug-likeness (QED) is 0.666. The lowest BCUT2D eigenvalue weighted by atomic mass is 10.3. The summed E-state index contributed by atoms with van der Waals surface area (Å²) in [6.45, 7) is 0.0833. The van der Waals surface area contributed by atoms with Gasteiger partial charge < -0.3 is 15.4 Å². The molecule has 0 saturated heterocycles. The van der Waals surface area contributed by atoms with Gasteiger partial charge in [0.1, 0.15) is 5.15 Å². The molecule has 0 spiro atoms. The monoisotopic (exact) mass is 339 g/mol. The Morgan fingerprint density at radius 2 is 2.18 bits per heavy atom. The van der Waals surface area contributed by atoms with Crippen LogP contribution in [0.2, 0.25) is 5.15 Å². The summed E-state index contributed by atoms with van der Waals surface area (Å²) in [6, 6.07) is 6.76. The molecule has 2 N–H and O–H groups in total. The summed E-state index contributed by atoms with van der Waals surface area (Å²) < 4.78 is 4.94. The van der Waals surface area contributed by atoms with Crippen molar-refractivity contribution in [3.63, 3.8) is 0 Å². The number of halogens is 1. The average Bonchev–Trinajstić information content (AvgIpc) is 2.99. The van der Waals surface area contributed by atoms with Gasteiger partial charge in [0.25, 0.3) is 5.91 Å². The summed E-state index contributed by atoms with van der Waals surface area (Å²) in [5.74, 6) is -1.10. The van der Waals surface area contributed by atoms with Gasteiger partial charge in [0.15, 0.2) is 12.3 Å². The molecule has 1 amide bonds.